The summed E-state index contributed by atoms with van der Waals surface area (Å²) in [5.74, 6) is 0.226. The number of ether oxygens (including phenoxy) is 1. The zero-order valence-corrected chi connectivity index (χ0v) is 17.7. The number of allylic oxidation sites excluding steroid dienone is 1. The normalized spacial score (nSPS) is 10.9. The van der Waals surface area contributed by atoms with Crippen molar-refractivity contribution in [1.82, 2.24) is 0 Å². The molecular weight excluding hydrogens is 419 g/mol. The molecule has 3 aromatic carbocycles. The van der Waals surface area contributed by atoms with Gasteiger partial charge < -0.3 is 10.1 Å². The lowest BCUT2D eigenvalue weighted by Crippen LogP contribution is -2.20. The largest absolute Gasteiger partial charge is 0.484 e. The minimum absolute atomic E-state index is 0.152. The number of amides is 1. The molecule has 0 aliphatic carbocycles. The van der Waals surface area contributed by atoms with Crippen molar-refractivity contribution < 1.29 is 9.53 Å². The van der Waals surface area contributed by atoms with Crippen molar-refractivity contribution in [2.45, 2.75) is 6.92 Å². The van der Waals surface area contributed by atoms with Crippen LogP contribution in [0.2, 0.25) is 10.0 Å². The number of benzene rings is 3. The van der Waals surface area contributed by atoms with Gasteiger partial charge in [0.15, 0.2) is 6.61 Å². The highest BCUT2D eigenvalue weighted by atomic mass is 35.5. The monoisotopic (exact) mass is 436 g/mol. The van der Waals surface area contributed by atoms with Crippen LogP contribution in [0.15, 0.2) is 66.7 Å². The van der Waals surface area contributed by atoms with E-state index in [9.17, 15) is 10.1 Å². The third-order valence-corrected chi connectivity index (χ3v) is 4.93. The summed E-state index contributed by atoms with van der Waals surface area (Å²) >= 11 is 12.0. The predicted molar refractivity (Wildman–Crippen MR) is 122 cm³/mol. The SMILES string of the molecule is Cc1ccc(NC(=O)COc2cccc(/C=C(\C#N)c3ccc(Cl)cc3)c2)cc1Cl. The molecule has 30 heavy (non-hydrogen) atoms. The number of carbonyl (C=O) groups excluding carboxylic acids is 1. The highest BCUT2D eigenvalue weighted by Crippen LogP contribution is 2.23. The first-order chi connectivity index (χ1) is 14.4. The van der Waals surface area contributed by atoms with Crippen molar-refractivity contribution in [1.29, 1.82) is 5.26 Å². The maximum atomic E-state index is 12.2. The van der Waals surface area contributed by atoms with Crippen molar-refractivity contribution >= 4 is 46.4 Å². The molecule has 0 aromatic heterocycles. The van der Waals surface area contributed by atoms with E-state index >= 15 is 0 Å². The summed E-state index contributed by atoms with van der Waals surface area (Å²) in [5, 5.41) is 13.4. The number of carbonyl (C=O) groups is 1. The smallest absolute Gasteiger partial charge is 0.262 e. The molecule has 4 nitrogen and oxygen atoms in total. The number of hydrogen-bond acceptors (Lipinski definition) is 3. The van der Waals surface area contributed by atoms with Crippen LogP contribution < -0.4 is 10.1 Å². The zero-order chi connectivity index (χ0) is 21.5. The second-order valence-electron chi connectivity index (χ2n) is 6.55. The third-order valence-electron chi connectivity index (χ3n) is 4.27. The summed E-state index contributed by atoms with van der Waals surface area (Å²) in [4.78, 5) is 12.2. The Labute approximate surface area is 185 Å². The van der Waals surface area contributed by atoms with Crippen molar-refractivity contribution in [3.8, 4) is 11.8 Å². The minimum Gasteiger partial charge on any atom is -0.484 e. The average Bonchev–Trinajstić information content (AvgIpc) is 2.74. The van der Waals surface area contributed by atoms with E-state index in [1.807, 2.05) is 19.1 Å². The molecule has 0 radical (unpaired) electrons. The standard InChI is InChI=1S/C24H18Cl2N2O2/c1-16-5-10-21(13-23(16)26)28-24(29)15-30-22-4-2-3-17(12-22)11-19(14-27)18-6-8-20(25)9-7-18/h2-13H,15H2,1H3,(H,28,29)/b19-11+. The van der Waals surface area contributed by atoms with Gasteiger partial charge in [0.25, 0.3) is 5.91 Å². The number of nitrogens with one attached hydrogen (secondary N) is 1. The summed E-state index contributed by atoms with van der Waals surface area (Å²) in [6.07, 6.45) is 1.75. The van der Waals surface area contributed by atoms with E-state index in [4.69, 9.17) is 27.9 Å². The van der Waals surface area contributed by atoms with E-state index in [0.717, 1.165) is 16.7 Å². The summed E-state index contributed by atoms with van der Waals surface area (Å²) in [5.41, 5.74) is 3.59. The summed E-state index contributed by atoms with van der Waals surface area (Å²) < 4.78 is 5.60. The van der Waals surface area contributed by atoms with Crippen LogP contribution in [0.25, 0.3) is 11.6 Å². The van der Waals surface area contributed by atoms with Gasteiger partial charge in [-0.15, -0.1) is 0 Å². The highest BCUT2D eigenvalue weighted by Gasteiger charge is 2.06. The molecule has 0 aliphatic rings. The Hall–Kier alpha value is -3.26. The van der Waals surface area contributed by atoms with Crippen LogP contribution in [0.4, 0.5) is 5.69 Å². The number of halogens is 2. The molecule has 0 saturated carbocycles. The van der Waals surface area contributed by atoms with Gasteiger partial charge in [-0.3, -0.25) is 4.79 Å². The van der Waals surface area contributed by atoms with Gasteiger partial charge in [0.05, 0.1) is 11.6 Å². The second-order valence-corrected chi connectivity index (χ2v) is 7.39. The van der Waals surface area contributed by atoms with Gasteiger partial charge in [-0.05, 0) is 66.1 Å². The van der Waals surface area contributed by atoms with Crippen LogP contribution in [0.3, 0.4) is 0 Å². The first kappa shape index (κ1) is 21.4. The summed E-state index contributed by atoms with van der Waals surface area (Å²) in [6.45, 7) is 1.74. The van der Waals surface area contributed by atoms with Gasteiger partial charge in [-0.25, -0.2) is 0 Å². The molecule has 3 aromatic rings. The van der Waals surface area contributed by atoms with Crippen LogP contribution >= 0.6 is 23.2 Å². The Bertz CT molecular complexity index is 1130. The topological polar surface area (TPSA) is 62.1 Å². The molecule has 1 amide bonds. The summed E-state index contributed by atoms with van der Waals surface area (Å²) in [6, 6.07) is 21.7. The fraction of sp³-hybridized carbons (Fsp3) is 0.0833. The van der Waals surface area contributed by atoms with Gasteiger partial charge in [0, 0.05) is 15.7 Å². The molecular formula is C24H18Cl2N2O2. The van der Waals surface area contributed by atoms with Gasteiger partial charge in [0.1, 0.15) is 5.75 Å². The van der Waals surface area contributed by atoms with Crippen molar-refractivity contribution in [3.63, 3.8) is 0 Å². The number of aryl methyl sites for hydroxylation is 1. The Kier molecular flexibility index (Phi) is 7.13. The van der Waals surface area contributed by atoms with E-state index < -0.39 is 0 Å². The molecule has 1 N–H and O–H groups in total. The molecule has 150 valence electrons. The molecule has 0 fully saturated rings. The first-order valence-corrected chi connectivity index (χ1v) is 9.87. The van der Waals surface area contributed by atoms with Gasteiger partial charge in [-0.2, -0.15) is 5.26 Å². The van der Waals surface area contributed by atoms with Crippen molar-refractivity contribution in [2.24, 2.45) is 0 Å². The quantitative estimate of drug-likeness (QED) is 0.359. The average molecular weight is 437 g/mol. The van der Waals surface area contributed by atoms with E-state index in [1.165, 1.54) is 0 Å². The lowest BCUT2D eigenvalue weighted by molar-refractivity contribution is -0.118. The lowest BCUT2D eigenvalue weighted by atomic mass is 10.0. The van der Waals surface area contributed by atoms with E-state index in [1.54, 1.807) is 60.7 Å². The highest BCUT2D eigenvalue weighted by molar-refractivity contribution is 6.31. The molecule has 0 unspecified atom stereocenters. The number of rotatable bonds is 6. The molecule has 6 heteroatoms. The Morgan fingerprint density at radius 3 is 2.57 bits per heavy atom. The first-order valence-electron chi connectivity index (χ1n) is 9.11. The predicted octanol–water partition coefficient (Wildman–Crippen LogP) is 6.38. The van der Waals surface area contributed by atoms with Gasteiger partial charge >= 0.3 is 0 Å². The van der Waals surface area contributed by atoms with E-state index in [-0.39, 0.29) is 12.5 Å². The number of nitrogens with zero attached hydrogens (tertiary/aromatic N) is 1. The van der Waals surface area contributed by atoms with E-state index in [2.05, 4.69) is 11.4 Å². The van der Waals surface area contributed by atoms with Crippen molar-refractivity contribution in [3.05, 3.63) is 93.5 Å². The van der Waals surface area contributed by atoms with Crippen LogP contribution in [0.1, 0.15) is 16.7 Å². The Balaban J connectivity index is 1.66. The molecule has 0 spiro atoms. The van der Waals surface area contributed by atoms with Crippen LogP contribution in [-0.2, 0) is 4.79 Å². The molecule has 0 aliphatic heterocycles. The molecule has 0 bridgehead atoms. The van der Waals surface area contributed by atoms with Crippen LogP contribution in [-0.4, -0.2) is 12.5 Å². The molecule has 0 saturated heterocycles. The maximum absolute atomic E-state index is 12.2. The Morgan fingerprint density at radius 1 is 1.10 bits per heavy atom. The van der Waals surface area contributed by atoms with Gasteiger partial charge in [0.2, 0.25) is 0 Å². The zero-order valence-electron chi connectivity index (χ0n) is 16.2. The number of hydrogen-bond donors (Lipinski definition) is 1. The van der Waals surface area contributed by atoms with E-state index in [0.29, 0.717) is 27.1 Å². The van der Waals surface area contributed by atoms with Crippen molar-refractivity contribution in [2.75, 3.05) is 11.9 Å². The van der Waals surface area contributed by atoms with Crippen LogP contribution in [0, 0.1) is 18.3 Å². The molecule has 0 heterocycles. The molecule has 0 atom stereocenters. The summed E-state index contributed by atoms with van der Waals surface area (Å²) in [7, 11) is 0. The second kappa shape index (κ2) is 9.98. The lowest BCUT2D eigenvalue weighted by Gasteiger charge is -2.09. The molecule has 3 rings (SSSR count). The fourth-order valence-corrected chi connectivity index (χ4v) is 2.99. The third kappa shape index (κ3) is 5.87. The number of anilines is 1. The number of nitriles is 1. The maximum Gasteiger partial charge on any atom is 0.262 e. The van der Waals surface area contributed by atoms with Gasteiger partial charge in [-0.1, -0.05) is 53.5 Å². The minimum atomic E-state index is -0.297. The fourth-order valence-electron chi connectivity index (χ4n) is 2.69. The Morgan fingerprint density at radius 2 is 1.87 bits per heavy atom. The van der Waals surface area contributed by atoms with Crippen LogP contribution in [0.5, 0.6) is 5.75 Å².